The molecule has 0 spiro atoms. The Morgan fingerprint density at radius 3 is 2.43 bits per heavy atom. The molecule has 0 fully saturated rings. The minimum atomic E-state index is -0.123. The third-order valence-corrected chi connectivity index (χ3v) is 4.84. The van der Waals surface area contributed by atoms with Gasteiger partial charge in [0.25, 0.3) is 5.24 Å². The topological polar surface area (TPSA) is 73.8 Å². The maximum atomic E-state index is 12.2. The molecule has 28 heavy (non-hydrogen) atoms. The maximum absolute atomic E-state index is 12.2. The standard InChI is InChI=1S/C21H26N4O2S/c1-15(26)24-18-7-5-6-16(12-18)13-23-21(27)28-14-20(22-2)17-8-10-19(11-9-17)25(3)4/h5-12H,13-14H2,1-4H3,(H,23,27)(H,24,26)/b22-20+. The van der Waals surface area contributed by atoms with Crippen LogP contribution in [0.15, 0.2) is 53.5 Å². The van der Waals surface area contributed by atoms with Gasteiger partial charge in [-0.1, -0.05) is 36.0 Å². The number of carbonyl (C=O) groups excluding carboxylic acids is 2. The van der Waals surface area contributed by atoms with Crippen molar-refractivity contribution in [2.24, 2.45) is 4.99 Å². The van der Waals surface area contributed by atoms with Gasteiger partial charge in [-0.3, -0.25) is 14.6 Å². The van der Waals surface area contributed by atoms with Gasteiger partial charge in [-0.25, -0.2) is 0 Å². The molecule has 2 aromatic rings. The molecule has 0 radical (unpaired) electrons. The van der Waals surface area contributed by atoms with E-state index in [0.717, 1.165) is 22.5 Å². The molecule has 0 atom stereocenters. The molecule has 148 valence electrons. The first kappa shape index (κ1) is 21.5. The first-order valence-corrected chi connectivity index (χ1v) is 9.88. The predicted molar refractivity (Wildman–Crippen MR) is 119 cm³/mol. The minimum Gasteiger partial charge on any atom is -0.378 e. The van der Waals surface area contributed by atoms with Gasteiger partial charge < -0.3 is 15.5 Å². The van der Waals surface area contributed by atoms with Crippen LogP contribution in [0.25, 0.3) is 0 Å². The summed E-state index contributed by atoms with van der Waals surface area (Å²) in [6.45, 7) is 1.86. The fourth-order valence-corrected chi connectivity index (χ4v) is 3.29. The van der Waals surface area contributed by atoms with Crippen LogP contribution >= 0.6 is 11.8 Å². The molecule has 2 rings (SSSR count). The summed E-state index contributed by atoms with van der Waals surface area (Å²) in [4.78, 5) is 29.7. The second kappa shape index (κ2) is 10.5. The van der Waals surface area contributed by atoms with Crippen LogP contribution < -0.4 is 15.5 Å². The first-order valence-electron chi connectivity index (χ1n) is 8.89. The summed E-state index contributed by atoms with van der Waals surface area (Å²) in [5.74, 6) is 0.372. The van der Waals surface area contributed by atoms with E-state index in [1.807, 2.05) is 67.5 Å². The zero-order valence-corrected chi connectivity index (χ0v) is 17.5. The Morgan fingerprint density at radius 1 is 1.11 bits per heavy atom. The van der Waals surface area contributed by atoms with Gasteiger partial charge in [0.2, 0.25) is 5.91 Å². The van der Waals surface area contributed by atoms with Crippen LogP contribution in [0, 0.1) is 0 Å². The molecule has 2 amide bonds. The quantitative estimate of drug-likeness (QED) is 0.696. The number of thioether (sulfide) groups is 1. The lowest BCUT2D eigenvalue weighted by Crippen LogP contribution is -2.20. The van der Waals surface area contributed by atoms with Gasteiger partial charge in [-0.15, -0.1) is 0 Å². The number of rotatable bonds is 7. The number of aliphatic imine (C=N–C) groups is 1. The second-order valence-electron chi connectivity index (χ2n) is 6.42. The van der Waals surface area contributed by atoms with Crippen molar-refractivity contribution in [3.05, 3.63) is 59.7 Å². The maximum Gasteiger partial charge on any atom is 0.279 e. The third kappa shape index (κ3) is 6.74. The molecule has 0 aromatic heterocycles. The summed E-state index contributed by atoms with van der Waals surface area (Å²) in [5, 5.41) is 5.50. The Bertz CT molecular complexity index is 848. The van der Waals surface area contributed by atoms with Gasteiger partial charge in [-0.05, 0) is 35.4 Å². The highest BCUT2D eigenvalue weighted by Crippen LogP contribution is 2.16. The lowest BCUT2D eigenvalue weighted by atomic mass is 10.1. The fraction of sp³-hybridized carbons (Fsp3) is 0.286. The number of carbonyl (C=O) groups is 2. The number of hydrogen-bond donors (Lipinski definition) is 2. The number of benzene rings is 2. The van der Waals surface area contributed by atoms with E-state index in [4.69, 9.17) is 0 Å². The predicted octanol–water partition coefficient (Wildman–Crippen LogP) is 3.77. The lowest BCUT2D eigenvalue weighted by Gasteiger charge is -2.13. The summed E-state index contributed by atoms with van der Waals surface area (Å²) in [6, 6.07) is 15.5. The fourth-order valence-electron chi connectivity index (χ4n) is 2.55. The van der Waals surface area contributed by atoms with Crippen molar-refractivity contribution in [1.29, 1.82) is 0 Å². The van der Waals surface area contributed by atoms with Crippen LogP contribution in [0.1, 0.15) is 18.1 Å². The Labute approximate surface area is 170 Å². The normalized spacial score (nSPS) is 11.1. The van der Waals surface area contributed by atoms with Gasteiger partial charge in [0.15, 0.2) is 0 Å². The number of nitrogens with zero attached hydrogens (tertiary/aromatic N) is 2. The average Bonchev–Trinajstić information content (AvgIpc) is 2.67. The van der Waals surface area contributed by atoms with E-state index in [-0.39, 0.29) is 11.1 Å². The molecule has 0 saturated heterocycles. The van der Waals surface area contributed by atoms with Gasteiger partial charge in [0.1, 0.15) is 0 Å². The molecular weight excluding hydrogens is 372 g/mol. The van der Waals surface area contributed by atoms with Crippen molar-refractivity contribution in [2.45, 2.75) is 13.5 Å². The smallest absolute Gasteiger partial charge is 0.279 e. The third-order valence-electron chi connectivity index (χ3n) is 4.01. The van der Waals surface area contributed by atoms with E-state index in [1.165, 1.54) is 18.7 Å². The molecule has 2 N–H and O–H groups in total. The minimum absolute atomic E-state index is 0.115. The van der Waals surface area contributed by atoms with Crippen LogP contribution in [-0.4, -0.2) is 43.8 Å². The van der Waals surface area contributed by atoms with Crippen LogP contribution in [-0.2, 0) is 11.3 Å². The molecule has 0 aliphatic heterocycles. The SMILES string of the molecule is C/N=C(\CSC(=O)NCc1cccc(NC(C)=O)c1)c1ccc(N(C)C)cc1. The van der Waals surface area contributed by atoms with Crippen molar-refractivity contribution in [3.63, 3.8) is 0 Å². The van der Waals surface area contributed by atoms with E-state index < -0.39 is 0 Å². The van der Waals surface area contributed by atoms with Gasteiger partial charge >= 0.3 is 0 Å². The molecule has 7 heteroatoms. The summed E-state index contributed by atoms with van der Waals surface area (Å²) in [7, 11) is 5.73. The zero-order valence-electron chi connectivity index (χ0n) is 16.7. The van der Waals surface area contributed by atoms with E-state index in [2.05, 4.69) is 15.6 Å². The monoisotopic (exact) mass is 398 g/mol. The largest absolute Gasteiger partial charge is 0.378 e. The van der Waals surface area contributed by atoms with Gasteiger partial charge in [0, 0.05) is 51.7 Å². The molecule has 0 aliphatic carbocycles. The molecule has 0 bridgehead atoms. The van der Waals surface area contributed by atoms with Crippen molar-refractivity contribution < 1.29 is 9.59 Å². The molecule has 0 saturated carbocycles. The van der Waals surface area contributed by atoms with Crippen molar-refractivity contribution in [3.8, 4) is 0 Å². The van der Waals surface area contributed by atoms with Crippen molar-refractivity contribution in [1.82, 2.24) is 5.32 Å². The van der Waals surface area contributed by atoms with E-state index >= 15 is 0 Å². The molecule has 6 nitrogen and oxygen atoms in total. The Hall–Kier alpha value is -2.80. The molecule has 2 aromatic carbocycles. The number of anilines is 2. The summed E-state index contributed by atoms with van der Waals surface area (Å²) in [5.41, 5.74) is 4.64. The van der Waals surface area contributed by atoms with Crippen molar-refractivity contribution in [2.75, 3.05) is 37.1 Å². The van der Waals surface area contributed by atoms with Gasteiger partial charge in [0.05, 0.1) is 5.71 Å². The number of nitrogens with one attached hydrogen (secondary N) is 2. The van der Waals surface area contributed by atoms with E-state index in [9.17, 15) is 9.59 Å². The van der Waals surface area contributed by atoms with E-state index in [1.54, 1.807) is 7.05 Å². The van der Waals surface area contributed by atoms with E-state index in [0.29, 0.717) is 18.0 Å². The summed E-state index contributed by atoms with van der Waals surface area (Å²) >= 11 is 1.19. The first-order chi connectivity index (χ1) is 13.4. The van der Waals surface area contributed by atoms with Crippen LogP contribution in [0.2, 0.25) is 0 Å². The Kier molecular flexibility index (Phi) is 8.07. The van der Waals surface area contributed by atoms with Gasteiger partial charge in [-0.2, -0.15) is 0 Å². The van der Waals surface area contributed by atoms with Crippen molar-refractivity contribution >= 4 is 40.0 Å². The molecular formula is C21H26N4O2S. The highest BCUT2D eigenvalue weighted by molar-refractivity contribution is 8.14. The van der Waals surface area contributed by atoms with Crippen LogP contribution in [0.5, 0.6) is 0 Å². The Morgan fingerprint density at radius 2 is 1.82 bits per heavy atom. The zero-order chi connectivity index (χ0) is 20.5. The number of hydrogen-bond acceptors (Lipinski definition) is 5. The number of amides is 2. The molecule has 0 unspecified atom stereocenters. The highest BCUT2D eigenvalue weighted by atomic mass is 32.2. The van der Waals surface area contributed by atoms with Crippen LogP contribution in [0.4, 0.5) is 16.2 Å². The Balaban J connectivity index is 1.86. The van der Waals surface area contributed by atoms with Crippen LogP contribution in [0.3, 0.4) is 0 Å². The average molecular weight is 399 g/mol. The second-order valence-corrected chi connectivity index (χ2v) is 7.37. The summed E-state index contributed by atoms with van der Waals surface area (Å²) < 4.78 is 0. The lowest BCUT2D eigenvalue weighted by molar-refractivity contribution is -0.114. The molecule has 0 aliphatic rings. The summed E-state index contributed by atoms with van der Waals surface area (Å²) in [6.07, 6.45) is 0. The highest BCUT2D eigenvalue weighted by Gasteiger charge is 2.09. The molecule has 0 heterocycles.